The Morgan fingerprint density at radius 2 is 1.15 bits per heavy atom. The average molecular weight is 470 g/mol. The molecule has 0 bridgehead atoms. The van der Waals surface area contributed by atoms with Gasteiger partial charge in [-0.05, 0) is 46.0 Å². The highest BCUT2D eigenvalue weighted by Crippen LogP contribution is 2.22. The van der Waals surface area contributed by atoms with Crippen LogP contribution in [0.15, 0.2) is 12.2 Å². The molecule has 0 aromatic heterocycles. The molecule has 0 aromatic carbocycles. The van der Waals surface area contributed by atoms with E-state index in [2.05, 4.69) is 19.1 Å². The predicted octanol–water partition coefficient (Wildman–Crippen LogP) is 4.11. The molecule has 192 valence electrons. The molecule has 7 heteroatoms. The van der Waals surface area contributed by atoms with Crippen molar-refractivity contribution in [1.82, 2.24) is 0 Å². The van der Waals surface area contributed by atoms with Crippen LogP contribution in [0.25, 0.3) is 0 Å². The van der Waals surface area contributed by atoms with Gasteiger partial charge in [0.05, 0.1) is 26.2 Å². The smallest absolute Gasteiger partial charge is 0.311 e. The van der Waals surface area contributed by atoms with E-state index in [1.54, 1.807) is 20.8 Å². The second kappa shape index (κ2) is 17.6. The molecule has 33 heavy (non-hydrogen) atoms. The largest absolute Gasteiger partial charge is 0.550 e. The summed E-state index contributed by atoms with van der Waals surface area (Å²) >= 11 is 0. The molecule has 0 aliphatic rings. The third kappa shape index (κ3) is 14.8. The number of carboxylic acid groups (broad SMARTS) is 3. The molecule has 2 N–H and O–H groups in total. The number of allylic oxidation sites excluding steroid dienone is 2. The number of quaternary nitrogens is 1. The van der Waals surface area contributed by atoms with E-state index in [-0.39, 0.29) is 24.1 Å². The quantitative estimate of drug-likeness (QED) is 0.149. The standard InChI is InChI=1S/C26H47NO6/c1-5-6-7-8-9-10-11-12-13-14-15-16-17-27(18-21(2)24(28)29,19-22(3)25(30)31)20-23(4)26(32)33/h8-9,21-23H,5-7,10-20H2,1-4H3,(H2-,28,29,30,31,32,33)/b9-8+. The van der Waals surface area contributed by atoms with E-state index in [1.807, 2.05) is 0 Å². The number of nitrogens with zero attached hydrogens (tertiary/aromatic N) is 1. The lowest BCUT2D eigenvalue weighted by Crippen LogP contribution is -2.58. The molecule has 0 fully saturated rings. The number of aliphatic carboxylic acids is 3. The highest BCUT2D eigenvalue weighted by Gasteiger charge is 2.36. The van der Waals surface area contributed by atoms with E-state index in [0.29, 0.717) is 6.54 Å². The van der Waals surface area contributed by atoms with Crippen LogP contribution in [0.3, 0.4) is 0 Å². The fourth-order valence-corrected chi connectivity index (χ4v) is 4.45. The van der Waals surface area contributed by atoms with Crippen LogP contribution < -0.4 is 5.11 Å². The average Bonchev–Trinajstić information content (AvgIpc) is 2.74. The lowest BCUT2D eigenvalue weighted by atomic mass is 10.0. The number of hydrogen-bond donors (Lipinski definition) is 2. The minimum Gasteiger partial charge on any atom is -0.550 e. The Kier molecular flexibility index (Phi) is 16.6. The summed E-state index contributed by atoms with van der Waals surface area (Å²) in [4.78, 5) is 34.5. The number of carbonyl (C=O) groups is 3. The number of rotatable bonds is 21. The molecule has 0 heterocycles. The van der Waals surface area contributed by atoms with Crippen molar-refractivity contribution in [2.24, 2.45) is 17.8 Å². The van der Waals surface area contributed by atoms with Crippen molar-refractivity contribution < 1.29 is 34.2 Å². The molecule has 0 radical (unpaired) electrons. The molecular formula is C26H47NO6. The maximum absolute atomic E-state index is 11.5. The number of carboxylic acids is 3. The van der Waals surface area contributed by atoms with Crippen molar-refractivity contribution in [1.29, 1.82) is 0 Å². The van der Waals surface area contributed by atoms with Gasteiger partial charge in [0.2, 0.25) is 0 Å². The summed E-state index contributed by atoms with van der Waals surface area (Å²) in [5.74, 6) is -5.25. The van der Waals surface area contributed by atoms with Gasteiger partial charge in [-0.3, -0.25) is 9.59 Å². The van der Waals surface area contributed by atoms with Gasteiger partial charge in [-0.15, -0.1) is 0 Å². The third-order valence-corrected chi connectivity index (χ3v) is 6.37. The van der Waals surface area contributed by atoms with Gasteiger partial charge in [0.15, 0.2) is 0 Å². The Labute approximate surface area is 200 Å². The van der Waals surface area contributed by atoms with Gasteiger partial charge in [0.1, 0.15) is 11.8 Å². The summed E-state index contributed by atoms with van der Waals surface area (Å²) in [6, 6.07) is 0. The molecule has 0 aliphatic heterocycles. The van der Waals surface area contributed by atoms with Crippen LogP contribution in [0.1, 0.15) is 91.9 Å². The lowest BCUT2D eigenvalue weighted by molar-refractivity contribution is -0.934. The van der Waals surface area contributed by atoms with Crippen LogP contribution in [0.4, 0.5) is 0 Å². The van der Waals surface area contributed by atoms with E-state index in [1.165, 1.54) is 25.7 Å². The predicted molar refractivity (Wildman–Crippen MR) is 128 cm³/mol. The maximum Gasteiger partial charge on any atom is 0.311 e. The van der Waals surface area contributed by atoms with Gasteiger partial charge in [-0.2, -0.15) is 0 Å². The molecule has 7 nitrogen and oxygen atoms in total. The van der Waals surface area contributed by atoms with E-state index in [4.69, 9.17) is 0 Å². The zero-order valence-electron chi connectivity index (χ0n) is 21.3. The Morgan fingerprint density at radius 1 is 0.727 bits per heavy atom. The minimum absolute atomic E-state index is 0.179. The number of carbonyl (C=O) groups excluding carboxylic acids is 1. The first-order valence-corrected chi connectivity index (χ1v) is 12.7. The first-order valence-electron chi connectivity index (χ1n) is 12.7. The van der Waals surface area contributed by atoms with Crippen LogP contribution in [-0.4, -0.2) is 58.8 Å². The fraction of sp³-hybridized carbons (Fsp3) is 0.808. The van der Waals surface area contributed by atoms with Gasteiger partial charge >= 0.3 is 11.9 Å². The van der Waals surface area contributed by atoms with Crippen molar-refractivity contribution in [2.75, 3.05) is 26.2 Å². The van der Waals surface area contributed by atoms with E-state index >= 15 is 0 Å². The molecular weight excluding hydrogens is 422 g/mol. The van der Waals surface area contributed by atoms with Crippen molar-refractivity contribution in [2.45, 2.75) is 91.9 Å². The molecule has 0 spiro atoms. The Hall–Kier alpha value is -1.89. The first kappa shape index (κ1) is 31.1. The topological polar surface area (TPSA) is 115 Å². The van der Waals surface area contributed by atoms with E-state index < -0.39 is 35.7 Å². The number of hydrogen-bond acceptors (Lipinski definition) is 4. The summed E-state index contributed by atoms with van der Waals surface area (Å²) in [7, 11) is 0. The summed E-state index contributed by atoms with van der Waals surface area (Å²) < 4.78 is 0.179. The van der Waals surface area contributed by atoms with Crippen LogP contribution in [0, 0.1) is 17.8 Å². The van der Waals surface area contributed by atoms with Crippen LogP contribution in [0.5, 0.6) is 0 Å². The van der Waals surface area contributed by atoms with Gasteiger partial charge in [-0.25, -0.2) is 0 Å². The monoisotopic (exact) mass is 469 g/mol. The van der Waals surface area contributed by atoms with Crippen molar-refractivity contribution in [3.05, 3.63) is 12.2 Å². The molecule has 0 amide bonds. The second-order valence-corrected chi connectivity index (χ2v) is 9.84. The lowest BCUT2D eigenvalue weighted by Gasteiger charge is -2.43. The fourth-order valence-electron chi connectivity index (χ4n) is 4.45. The third-order valence-electron chi connectivity index (χ3n) is 6.37. The van der Waals surface area contributed by atoms with E-state index in [9.17, 15) is 29.7 Å². The van der Waals surface area contributed by atoms with Gasteiger partial charge < -0.3 is 24.6 Å². The molecule has 0 saturated carbocycles. The summed E-state index contributed by atoms with van der Waals surface area (Å²) in [5, 5.41) is 30.3. The maximum atomic E-state index is 11.5. The Balaban J connectivity index is 4.85. The Bertz CT molecular complexity index is 549. The molecule has 0 aliphatic carbocycles. The molecule has 0 aromatic rings. The van der Waals surface area contributed by atoms with Gasteiger partial charge in [0.25, 0.3) is 0 Å². The summed E-state index contributed by atoms with van der Waals surface area (Å²) in [6.07, 6.45) is 15.6. The second-order valence-electron chi connectivity index (χ2n) is 9.84. The molecule has 3 unspecified atom stereocenters. The Morgan fingerprint density at radius 3 is 1.61 bits per heavy atom. The summed E-state index contributed by atoms with van der Waals surface area (Å²) in [6.45, 7) is 8.14. The zero-order chi connectivity index (χ0) is 25.3. The van der Waals surface area contributed by atoms with E-state index in [0.717, 1.165) is 38.5 Å². The van der Waals surface area contributed by atoms with Crippen LogP contribution >= 0.6 is 0 Å². The van der Waals surface area contributed by atoms with Crippen molar-refractivity contribution in [3.63, 3.8) is 0 Å². The van der Waals surface area contributed by atoms with Crippen LogP contribution in [-0.2, 0) is 14.4 Å². The molecule has 0 rings (SSSR count). The normalized spacial score (nSPS) is 16.2. The van der Waals surface area contributed by atoms with Gasteiger partial charge in [-0.1, -0.05) is 58.1 Å². The highest BCUT2D eigenvalue weighted by atomic mass is 16.4. The van der Waals surface area contributed by atoms with Crippen molar-refractivity contribution >= 4 is 17.9 Å². The summed E-state index contributed by atoms with van der Waals surface area (Å²) in [5.41, 5.74) is 0. The van der Waals surface area contributed by atoms with Crippen molar-refractivity contribution in [3.8, 4) is 0 Å². The zero-order valence-corrected chi connectivity index (χ0v) is 21.3. The number of unbranched alkanes of at least 4 members (excludes halogenated alkanes) is 8. The minimum atomic E-state index is -1.19. The first-order chi connectivity index (χ1) is 15.5. The SMILES string of the molecule is CCCC/C=C/CCCCCCCC[N+](CC(C)C(=O)[O-])(CC(C)C(=O)O)CC(C)C(=O)O. The molecule has 0 saturated heterocycles. The van der Waals surface area contributed by atoms with Crippen LogP contribution in [0.2, 0.25) is 0 Å². The highest BCUT2D eigenvalue weighted by molar-refractivity contribution is 5.70. The van der Waals surface area contributed by atoms with Gasteiger partial charge in [0, 0.05) is 11.9 Å². The molecule has 3 atom stereocenters.